The Morgan fingerprint density at radius 3 is 2.76 bits per heavy atom. The molecule has 3 aliphatic rings. The number of rotatable bonds is 5. The van der Waals surface area contributed by atoms with Crippen LogP contribution in [0, 0.1) is 5.92 Å². The van der Waals surface area contributed by atoms with Crippen LogP contribution in [0.1, 0.15) is 42.9 Å². The average molecular weight is 336 g/mol. The van der Waals surface area contributed by atoms with E-state index in [2.05, 4.69) is 42.5 Å². The van der Waals surface area contributed by atoms with Crippen molar-refractivity contribution in [3.8, 4) is 5.75 Å². The molecule has 0 amide bonds. The van der Waals surface area contributed by atoms with Gasteiger partial charge in [-0.2, -0.15) is 0 Å². The van der Waals surface area contributed by atoms with Gasteiger partial charge in [0.25, 0.3) is 0 Å². The summed E-state index contributed by atoms with van der Waals surface area (Å²) in [5, 5.41) is 10.3. The second kappa shape index (κ2) is 5.92. The van der Waals surface area contributed by atoms with Gasteiger partial charge in [0.05, 0.1) is 12.7 Å². The van der Waals surface area contributed by atoms with Gasteiger partial charge in [0, 0.05) is 17.4 Å². The average Bonchev–Trinajstić information content (AvgIpc) is 2.64. The lowest BCUT2D eigenvalue weighted by Gasteiger charge is -2.37. The third kappa shape index (κ3) is 2.63. The largest absolute Gasteiger partial charge is 0.500 e. The van der Waals surface area contributed by atoms with Crippen molar-refractivity contribution in [1.82, 2.24) is 0 Å². The van der Waals surface area contributed by atoms with Crippen LogP contribution in [-0.4, -0.2) is 24.4 Å². The molecule has 0 heterocycles. The van der Waals surface area contributed by atoms with Crippen molar-refractivity contribution < 1.29 is 14.6 Å². The summed E-state index contributed by atoms with van der Waals surface area (Å²) in [4.78, 5) is 0. The third-order valence-electron chi connectivity index (χ3n) is 5.54. The number of aliphatic hydroxyl groups is 1. The van der Waals surface area contributed by atoms with Gasteiger partial charge in [0.2, 0.25) is 0 Å². The van der Waals surface area contributed by atoms with Gasteiger partial charge in [-0.05, 0) is 42.2 Å². The number of hydrogen-bond donors (Lipinski definition) is 1. The van der Waals surface area contributed by atoms with Gasteiger partial charge >= 0.3 is 0 Å². The molecule has 0 fully saturated rings. The molecule has 3 nitrogen and oxygen atoms in total. The van der Waals surface area contributed by atoms with E-state index in [1.807, 2.05) is 19.9 Å². The molecule has 0 radical (unpaired) electrons. The van der Waals surface area contributed by atoms with Crippen molar-refractivity contribution in [2.45, 2.75) is 31.8 Å². The van der Waals surface area contributed by atoms with Crippen LogP contribution in [0.3, 0.4) is 0 Å². The smallest absolute Gasteiger partial charge is 0.127 e. The Kier molecular flexibility index (Phi) is 3.84. The van der Waals surface area contributed by atoms with Crippen molar-refractivity contribution in [1.29, 1.82) is 0 Å². The van der Waals surface area contributed by atoms with Crippen LogP contribution in [0.4, 0.5) is 0 Å². The minimum atomic E-state index is -0.814. The highest BCUT2D eigenvalue weighted by Gasteiger charge is 2.37. The van der Waals surface area contributed by atoms with Crippen LogP contribution < -0.4 is 4.74 Å². The number of allylic oxidation sites excluding steroid dienone is 5. The Labute approximate surface area is 149 Å². The van der Waals surface area contributed by atoms with Gasteiger partial charge in [-0.3, -0.25) is 0 Å². The van der Waals surface area contributed by atoms with Crippen molar-refractivity contribution in [3.63, 3.8) is 0 Å². The maximum absolute atomic E-state index is 10.3. The molecular weight excluding hydrogens is 312 g/mol. The molecule has 3 aliphatic carbocycles. The standard InChI is InChI=1S/C22H24O3/c1-4-22(2,23)13-25-19-12-8-15-5-9-16-18(24-3)11-7-14-6-10-17(19)21(15)20(14)16/h5-12,16,20,23H,4,13H2,1-3H3. The Morgan fingerprint density at radius 2 is 2.00 bits per heavy atom. The first-order valence-corrected chi connectivity index (χ1v) is 8.88. The van der Waals surface area contributed by atoms with E-state index in [1.54, 1.807) is 7.11 Å². The highest BCUT2D eigenvalue weighted by molar-refractivity contribution is 5.78. The molecule has 3 unspecified atom stereocenters. The van der Waals surface area contributed by atoms with E-state index in [-0.39, 0.29) is 11.8 Å². The molecular formula is C22H24O3. The Balaban J connectivity index is 1.76. The lowest BCUT2D eigenvalue weighted by atomic mass is 9.68. The number of hydrogen-bond acceptors (Lipinski definition) is 3. The fraction of sp³-hybridized carbons (Fsp3) is 0.364. The van der Waals surface area contributed by atoms with Crippen molar-refractivity contribution in [3.05, 3.63) is 64.5 Å². The van der Waals surface area contributed by atoms with Crippen molar-refractivity contribution in [2.75, 3.05) is 13.7 Å². The molecule has 1 aromatic rings. The first-order chi connectivity index (χ1) is 12.0. The zero-order valence-corrected chi connectivity index (χ0v) is 15.0. The second-order valence-electron chi connectivity index (χ2n) is 7.26. The van der Waals surface area contributed by atoms with E-state index in [9.17, 15) is 5.11 Å². The molecule has 0 spiro atoms. The first-order valence-electron chi connectivity index (χ1n) is 8.88. The van der Waals surface area contributed by atoms with E-state index in [0.29, 0.717) is 13.0 Å². The van der Waals surface area contributed by atoms with Crippen LogP contribution in [-0.2, 0) is 4.74 Å². The summed E-state index contributed by atoms with van der Waals surface area (Å²) in [5.41, 5.74) is 4.15. The molecule has 4 rings (SSSR count). The molecule has 3 heteroatoms. The quantitative estimate of drug-likeness (QED) is 0.863. The lowest BCUT2D eigenvalue weighted by molar-refractivity contribution is 0.00837. The summed E-state index contributed by atoms with van der Waals surface area (Å²) in [6.07, 6.45) is 13.6. The number of benzene rings is 1. The molecule has 0 aromatic heterocycles. The summed E-state index contributed by atoms with van der Waals surface area (Å²) in [6, 6.07) is 4.13. The summed E-state index contributed by atoms with van der Waals surface area (Å²) in [6.45, 7) is 4.06. The Morgan fingerprint density at radius 1 is 1.16 bits per heavy atom. The topological polar surface area (TPSA) is 38.7 Å². The van der Waals surface area contributed by atoms with E-state index >= 15 is 0 Å². The molecule has 0 aliphatic heterocycles. The summed E-state index contributed by atoms with van der Waals surface area (Å²) in [7, 11) is 1.74. The van der Waals surface area contributed by atoms with Gasteiger partial charge in [0.15, 0.2) is 0 Å². The van der Waals surface area contributed by atoms with E-state index < -0.39 is 5.60 Å². The van der Waals surface area contributed by atoms with E-state index in [0.717, 1.165) is 17.1 Å². The first kappa shape index (κ1) is 16.2. The van der Waals surface area contributed by atoms with Crippen molar-refractivity contribution in [2.24, 2.45) is 5.92 Å². The molecule has 0 saturated carbocycles. The predicted molar refractivity (Wildman–Crippen MR) is 100 cm³/mol. The van der Waals surface area contributed by atoms with Gasteiger partial charge in [-0.15, -0.1) is 0 Å². The minimum Gasteiger partial charge on any atom is -0.500 e. The molecule has 0 bridgehead atoms. The lowest BCUT2D eigenvalue weighted by Crippen LogP contribution is -2.31. The van der Waals surface area contributed by atoms with Gasteiger partial charge in [0.1, 0.15) is 18.1 Å². The highest BCUT2D eigenvalue weighted by Crippen LogP contribution is 2.51. The van der Waals surface area contributed by atoms with Gasteiger partial charge in [-0.25, -0.2) is 0 Å². The Hall–Kier alpha value is -2.26. The molecule has 25 heavy (non-hydrogen) atoms. The van der Waals surface area contributed by atoms with E-state index in [1.165, 1.54) is 16.7 Å². The zero-order chi connectivity index (χ0) is 17.6. The fourth-order valence-corrected chi connectivity index (χ4v) is 3.83. The summed E-state index contributed by atoms with van der Waals surface area (Å²) in [5.74, 6) is 2.34. The molecule has 1 aromatic carbocycles. The predicted octanol–water partition coefficient (Wildman–Crippen LogP) is 4.45. The van der Waals surface area contributed by atoms with Gasteiger partial charge in [-0.1, -0.05) is 43.4 Å². The highest BCUT2D eigenvalue weighted by atomic mass is 16.5. The molecule has 130 valence electrons. The van der Waals surface area contributed by atoms with Crippen LogP contribution in [0.25, 0.3) is 12.2 Å². The molecule has 3 atom stereocenters. The fourth-order valence-electron chi connectivity index (χ4n) is 3.83. The van der Waals surface area contributed by atoms with Crippen LogP contribution in [0.15, 0.2) is 47.8 Å². The normalized spacial score (nSPS) is 24.8. The van der Waals surface area contributed by atoms with Crippen LogP contribution in [0.2, 0.25) is 0 Å². The Bertz CT molecular complexity index is 824. The second-order valence-corrected chi connectivity index (χ2v) is 7.26. The van der Waals surface area contributed by atoms with Gasteiger partial charge < -0.3 is 14.6 Å². The van der Waals surface area contributed by atoms with E-state index in [4.69, 9.17) is 9.47 Å². The maximum atomic E-state index is 10.3. The zero-order valence-electron chi connectivity index (χ0n) is 15.0. The number of methoxy groups -OCH3 is 1. The van der Waals surface area contributed by atoms with Crippen LogP contribution in [0.5, 0.6) is 5.75 Å². The molecule has 1 N–H and O–H groups in total. The maximum Gasteiger partial charge on any atom is 0.127 e. The van der Waals surface area contributed by atoms with Crippen LogP contribution >= 0.6 is 0 Å². The monoisotopic (exact) mass is 336 g/mol. The molecule has 0 saturated heterocycles. The van der Waals surface area contributed by atoms with Crippen molar-refractivity contribution >= 4 is 12.2 Å². The summed E-state index contributed by atoms with van der Waals surface area (Å²) < 4.78 is 11.6. The number of ether oxygens (including phenoxy) is 2. The SMILES string of the molecule is CCC(C)(O)COc1ccc2c3c1C=CC1=CC=C(OC)C(C=C2)C13. The minimum absolute atomic E-state index is 0.232. The third-order valence-corrected chi connectivity index (χ3v) is 5.54. The summed E-state index contributed by atoms with van der Waals surface area (Å²) >= 11 is 0.